The standard InChI is InChI=1S/C40H25NO/c1-3-11-26(12-4-1)29-22-24-38-39-32(29)17-10-18-33(39)35-25-27(21-23-37(35)42-38)30-16-9-19-34-31-15-7-8-20-36(31)41(40(30)34)28-13-5-2-6-14-28/h1-25H/i1D,2D,3D,4D,5D,6D,7D,8D,9D,11D,12D,13D,14D,15D,16D,20D. The lowest BCUT2D eigenvalue weighted by Crippen LogP contribution is -1.99. The molecule has 0 unspecified atom stereocenters. The first kappa shape index (κ1) is 12.5. The van der Waals surface area contributed by atoms with Gasteiger partial charge < -0.3 is 9.30 Å². The fourth-order valence-electron chi connectivity index (χ4n) is 5.82. The molecule has 2 nitrogen and oxygen atoms in total. The van der Waals surface area contributed by atoms with Crippen LogP contribution in [0.4, 0.5) is 0 Å². The van der Waals surface area contributed by atoms with Crippen molar-refractivity contribution in [1.82, 2.24) is 4.57 Å². The maximum Gasteiger partial charge on any atom is 0.135 e. The number of benzene rings is 7. The molecule has 9 rings (SSSR count). The van der Waals surface area contributed by atoms with E-state index >= 15 is 0 Å². The highest BCUT2D eigenvalue weighted by atomic mass is 16.5. The fraction of sp³-hybridized carbons (Fsp3) is 0. The van der Waals surface area contributed by atoms with Crippen LogP contribution in [0.3, 0.4) is 0 Å². The van der Waals surface area contributed by atoms with Crippen molar-refractivity contribution in [3.63, 3.8) is 0 Å². The highest BCUT2D eigenvalue weighted by molar-refractivity contribution is 6.14. The number of aromatic nitrogens is 1. The van der Waals surface area contributed by atoms with Gasteiger partial charge >= 0.3 is 0 Å². The first-order valence-corrected chi connectivity index (χ1v) is 13.0. The molecule has 7 aromatic carbocycles. The molecule has 0 amide bonds. The van der Waals surface area contributed by atoms with Crippen molar-refractivity contribution in [3.8, 4) is 50.6 Å². The zero-order valence-corrected chi connectivity index (χ0v) is 21.6. The predicted molar refractivity (Wildman–Crippen MR) is 175 cm³/mol. The van der Waals surface area contributed by atoms with Crippen molar-refractivity contribution in [2.24, 2.45) is 0 Å². The van der Waals surface area contributed by atoms with Gasteiger partial charge in [-0.25, -0.2) is 0 Å². The summed E-state index contributed by atoms with van der Waals surface area (Å²) in [4.78, 5) is 0. The number of nitrogens with zero attached hydrogens (tertiary/aromatic N) is 1. The summed E-state index contributed by atoms with van der Waals surface area (Å²) in [5.74, 6) is 0.832. The van der Waals surface area contributed by atoms with Gasteiger partial charge in [0.15, 0.2) is 0 Å². The highest BCUT2D eigenvalue weighted by Crippen LogP contribution is 2.50. The molecule has 0 N–H and O–H groups in total. The quantitative estimate of drug-likeness (QED) is 0.213. The summed E-state index contributed by atoms with van der Waals surface area (Å²) >= 11 is 0. The minimum absolute atomic E-state index is 0.0115. The molecular formula is C40H25NO. The Kier molecular flexibility index (Phi) is 2.67. The minimum atomic E-state index is -0.683. The van der Waals surface area contributed by atoms with Gasteiger partial charge in [-0.3, -0.25) is 0 Å². The SMILES string of the molecule is [2H]c1cc2c3c([2H])c([2H])c([2H])c([2H])c3n(-c3c([2H])c([2H])c([2H])c([2H])c3[2H])c2c(-c2ccc3c(c2)-c2cccc4c(-c5c([2H])c([2H])c([2H])c([2H])c5[2H])ccc(c24)O3)c1[2H]. The van der Waals surface area contributed by atoms with Crippen LogP contribution in [0.15, 0.2) is 151 Å². The smallest absolute Gasteiger partial charge is 0.135 e. The second-order valence-corrected chi connectivity index (χ2v) is 9.74. The summed E-state index contributed by atoms with van der Waals surface area (Å²) in [7, 11) is 0. The second-order valence-electron chi connectivity index (χ2n) is 9.74. The van der Waals surface area contributed by atoms with E-state index in [1.165, 1.54) is 10.6 Å². The third-order valence-electron chi connectivity index (χ3n) is 7.55. The lowest BCUT2D eigenvalue weighted by Gasteiger charge is -2.23. The number of hydrogen-bond acceptors (Lipinski definition) is 1. The number of fused-ring (bicyclic) bond motifs is 5. The van der Waals surface area contributed by atoms with Crippen molar-refractivity contribution in [2.75, 3.05) is 0 Å². The van der Waals surface area contributed by atoms with Gasteiger partial charge in [-0.15, -0.1) is 0 Å². The van der Waals surface area contributed by atoms with Crippen LogP contribution in [-0.4, -0.2) is 4.57 Å². The van der Waals surface area contributed by atoms with E-state index in [2.05, 4.69) is 0 Å². The summed E-state index contributed by atoms with van der Waals surface area (Å²) in [5.41, 5.74) is 1.27. The van der Waals surface area contributed by atoms with Gasteiger partial charge in [0, 0.05) is 33.0 Å². The molecule has 1 aliphatic rings. The van der Waals surface area contributed by atoms with Gasteiger partial charge in [0.25, 0.3) is 0 Å². The number of para-hydroxylation sites is 3. The molecule has 0 radical (unpaired) electrons. The van der Waals surface area contributed by atoms with Crippen LogP contribution in [0.2, 0.25) is 0 Å². The predicted octanol–water partition coefficient (Wildman–Crippen LogP) is 11.0. The summed E-state index contributed by atoms with van der Waals surface area (Å²) in [6, 6.07) is 6.39. The number of ether oxygens (including phenoxy) is 1. The Balaban J connectivity index is 1.39. The van der Waals surface area contributed by atoms with Gasteiger partial charge in [-0.1, -0.05) is 115 Å². The van der Waals surface area contributed by atoms with Crippen LogP contribution in [0.25, 0.3) is 71.6 Å². The maximum absolute atomic E-state index is 9.27. The first-order valence-electron chi connectivity index (χ1n) is 21.0. The molecule has 2 heteroatoms. The van der Waals surface area contributed by atoms with Crippen molar-refractivity contribution in [2.45, 2.75) is 0 Å². The average molecular weight is 552 g/mol. The van der Waals surface area contributed by atoms with Crippen LogP contribution in [0.5, 0.6) is 11.5 Å². The van der Waals surface area contributed by atoms with Crippen LogP contribution in [0.1, 0.15) is 21.9 Å². The van der Waals surface area contributed by atoms with Gasteiger partial charge in [0.05, 0.1) is 33.0 Å². The third-order valence-corrected chi connectivity index (χ3v) is 7.55. The molecule has 1 aromatic heterocycles. The topological polar surface area (TPSA) is 14.2 Å². The van der Waals surface area contributed by atoms with E-state index in [9.17, 15) is 1.37 Å². The van der Waals surface area contributed by atoms with E-state index in [1.54, 1.807) is 42.5 Å². The Bertz CT molecular complexity index is 3170. The highest BCUT2D eigenvalue weighted by Gasteiger charge is 2.23. The molecule has 42 heavy (non-hydrogen) atoms. The molecule has 0 atom stereocenters. The molecule has 0 spiro atoms. The van der Waals surface area contributed by atoms with E-state index in [0.717, 1.165) is 0 Å². The van der Waals surface area contributed by atoms with E-state index in [4.69, 9.17) is 25.3 Å². The molecule has 0 saturated heterocycles. The van der Waals surface area contributed by atoms with Crippen molar-refractivity contribution < 1.29 is 26.7 Å². The Morgan fingerprint density at radius 2 is 1.29 bits per heavy atom. The van der Waals surface area contributed by atoms with Crippen LogP contribution in [-0.2, 0) is 0 Å². The monoisotopic (exact) mass is 551 g/mol. The fourth-order valence-corrected chi connectivity index (χ4v) is 5.82. The van der Waals surface area contributed by atoms with E-state index in [-0.39, 0.29) is 57.1 Å². The third kappa shape index (κ3) is 3.33. The Hall–Kier alpha value is -5.60. The van der Waals surface area contributed by atoms with E-state index in [1.807, 2.05) is 6.07 Å². The zero-order valence-electron chi connectivity index (χ0n) is 37.6. The number of hydrogen-bond donors (Lipinski definition) is 0. The molecule has 0 saturated carbocycles. The Morgan fingerprint density at radius 3 is 2.17 bits per heavy atom. The molecule has 8 aromatic rings. The van der Waals surface area contributed by atoms with Crippen molar-refractivity contribution >= 4 is 32.6 Å². The summed E-state index contributed by atoms with van der Waals surface area (Å²) < 4.78 is 146. The van der Waals surface area contributed by atoms with Gasteiger partial charge in [-0.2, -0.15) is 0 Å². The van der Waals surface area contributed by atoms with Gasteiger partial charge in [0.2, 0.25) is 0 Å². The molecule has 0 bridgehead atoms. The van der Waals surface area contributed by atoms with Crippen LogP contribution < -0.4 is 4.74 Å². The lowest BCUT2D eigenvalue weighted by atomic mass is 9.89. The van der Waals surface area contributed by atoms with Gasteiger partial charge in [-0.05, 0) is 64.0 Å². The molecule has 0 fully saturated rings. The summed E-state index contributed by atoms with van der Waals surface area (Å²) in [6.45, 7) is 0. The molecule has 0 aliphatic carbocycles. The second kappa shape index (κ2) is 8.95. The normalized spacial score (nSPS) is 17.3. The summed E-state index contributed by atoms with van der Waals surface area (Å²) in [5, 5.41) is 1.13. The first-order chi connectivity index (χ1) is 27.5. The molecule has 2 heterocycles. The Labute approximate surface area is 266 Å². The van der Waals surface area contributed by atoms with Crippen LogP contribution in [0, 0.1) is 0 Å². The van der Waals surface area contributed by atoms with Crippen molar-refractivity contribution in [3.05, 3.63) is 151 Å². The average Bonchev–Trinajstić information content (AvgIpc) is 3.54. The number of rotatable bonds is 3. The molecule has 196 valence electrons. The van der Waals surface area contributed by atoms with E-state index in [0.29, 0.717) is 44.5 Å². The minimum Gasteiger partial charge on any atom is -0.456 e. The van der Waals surface area contributed by atoms with E-state index < -0.39 is 78.2 Å². The largest absolute Gasteiger partial charge is 0.456 e. The lowest BCUT2D eigenvalue weighted by molar-refractivity contribution is 0.487. The molecular weight excluding hydrogens is 510 g/mol. The van der Waals surface area contributed by atoms with Crippen LogP contribution >= 0.6 is 0 Å². The maximum atomic E-state index is 9.27. The summed E-state index contributed by atoms with van der Waals surface area (Å²) in [6.07, 6.45) is 0. The van der Waals surface area contributed by atoms with Gasteiger partial charge in [0.1, 0.15) is 11.5 Å². The zero-order chi connectivity index (χ0) is 41.5. The van der Waals surface area contributed by atoms with Crippen molar-refractivity contribution in [1.29, 1.82) is 0 Å². The molecule has 1 aliphatic heterocycles. The Morgan fingerprint density at radius 1 is 0.500 bits per heavy atom.